The molecule has 0 unspecified atom stereocenters. The zero-order chi connectivity index (χ0) is 33.5. The van der Waals surface area contributed by atoms with Crippen molar-refractivity contribution < 1.29 is 27.5 Å². The highest BCUT2D eigenvalue weighted by Crippen LogP contribution is 2.46. The molecule has 1 fully saturated rings. The Hall–Kier alpha value is -3.24. The number of nitrogens with one attached hydrogen (secondary N) is 2. The van der Waals surface area contributed by atoms with Crippen molar-refractivity contribution in [3.05, 3.63) is 65.2 Å². The first kappa shape index (κ1) is 34.1. The number of nitrogens with zero attached hydrogens (tertiary/aromatic N) is 1. The molecule has 2 aliphatic carbocycles. The van der Waals surface area contributed by atoms with E-state index in [0.29, 0.717) is 41.4 Å². The van der Waals surface area contributed by atoms with Crippen LogP contribution in [0, 0.1) is 11.8 Å². The quantitative estimate of drug-likeness (QED) is 0.307. The average molecular weight is 672 g/mol. The van der Waals surface area contributed by atoms with Gasteiger partial charge >= 0.3 is 6.09 Å². The van der Waals surface area contributed by atoms with Gasteiger partial charge in [0.1, 0.15) is 16.9 Å². The Labute approximate surface area is 278 Å². The molecule has 2 amide bonds. The second kappa shape index (κ2) is 12.8. The summed E-state index contributed by atoms with van der Waals surface area (Å²) in [6, 6.07) is 10.9. The maximum atomic E-state index is 13.6. The van der Waals surface area contributed by atoms with Crippen molar-refractivity contribution in [3.63, 3.8) is 0 Å². The van der Waals surface area contributed by atoms with E-state index in [1.807, 2.05) is 12.1 Å². The molecule has 0 saturated heterocycles. The van der Waals surface area contributed by atoms with E-state index in [-0.39, 0.29) is 10.3 Å². The van der Waals surface area contributed by atoms with E-state index in [9.17, 15) is 18.0 Å². The Kier molecular flexibility index (Phi) is 9.45. The van der Waals surface area contributed by atoms with Crippen LogP contribution >= 0.6 is 11.6 Å². The van der Waals surface area contributed by atoms with Crippen LogP contribution in [-0.4, -0.2) is 51.3 Å². The van der Waals surface area contributed by atoms with Crippen LogP contribution in [0.3, 0.4) is 0 Å². The molecule has 0 radical (unpaired) electrons. The Balaban J connectivity index is 1.45. The molecular formula is C35H46ClN3O6S. The summed E-state index contributed by atoms with van der Waals surface area (Å²) in [5, 5.41) is 3.18. The maximum Gasteiger partial charge on any atom is 0.408 e. The number of ether oxygens (including phenoxy) is 2. The number of rotatable bonds is 8. The largest absolute Gasteiger partial charge is 0.490 e. The van der Waals surface area contributed by atoms with Gasteiger partial charge < -0.3 is 19.7 Å². The molecule has 2 aromatic carbocycles. The lowest BCUT2D eigenvalue weighted by molar-refractivity contribution is -0.124. The van der Waals surface area contributed by atoms with Crippen molar-refractivity contribution in [2.45, 2.75) is 94.6 Å². The molecule has 46 heavy (non-hydrogen) atoms. The van der Waals surface area contributed by atoms with E-state index >= 15 is 0 Å². The van der Waals surface area contributed by atoms with E-state index in [0.717, 1.165) is 45.1 Å². The summed E-state index contributed by atoms with van der Waals surface area (Å²) in [6.45, 7) is 13.8. The van der Waals surface area contributed by atoms with Crippen LogP contribution in [0.5, 0.6) is 5.75 Å². The van der Waals surface area contributed by atoms with Crippen LogP contribution in [0.4, 0.5) is 10.5 Å². The number of allylic oxidation sites excluding steroid dienone is 1. The number of carbonyl (C=O) groups excluding carboxylic acids is 2. The van der Waals surface area contributed by atoms with Gasteiger partial charge in [-0.15, -0.1) is 6.58 Å². The lowest BCUT2D eigenvalue weighted by atomic mass is 9.69. The molecule has 2 N–H and O–H groups in total. The molecule has 0 bridgehead atoms. The fourth-order valence-corrected chi connectivity index (χ4v) is 8.20. The normalized spacial score (nSPS) is 22.8. The smallest absolute Gasteiger partial charge is 0.408 e. The number of hydrogen-bond acceptors (Lipinski definition) is 7. The van der Waals surface area contributed by atoms with Gasteiger partial charge in [0.25, 0.3) is 15.9 Å². The van der Waals surface area contributed by atoms with Crippen molar-refractivity contribution >= 4 is 39.3 Å². The van der Waals surface area contributed by atoms with E-state index in [1.165, 1.54) is 31.0 Å². The maximum absolute atomic E-state index is 13.6. The molecule has 9 nitrogen and oxygen atoms in total. The minimum Gasteiger partial charge on any atom is -0.490 e. The Morgan fingerprint density at radius 2 is 1.87 bits per heavy atom. The molecule has 1 spiro atoms. The number of anilines is 1. The summed E-state index contributed by atoms with van der Waals surface area (Å²) in [7, 11) is -4.31. The van der Waals surface area contributed by atoms with Crippen molar-refractivity contribution in [1.29, 1.82) is 0 Å². The van der Waals surface area contributed by atoms with Crippen molar-refractivity contribution in [1.82, 2.24) is 10.0 Å². The minimum absolute atomic E-state index is 0.0655. The van der Waals surface area contributed by atoms with Crippen LogP contribution in [0.1, 0.15) is 77.8 Å². The third-order valence-electron chi connectivity index (χ3n) is 9.43. The van der Waals surface area contributed by atoms with Crippen molar-refractivity contribution in [2.24, 2.45) is 11.8 Å². The molecule has 2 aromatic rings. The summed E-state index contributed by atoms with van der Waals surface area (Å²) in [6.07, 6.45) is 7.24. The second-order valence-corrected chi connectivity index (χ2v) is 16.7. The van der Waals surface area contributed by atoms with Crippen molar-refractivity contribution in [3.8, 4) is 5.75 Å². The number of aryl methyl sites for hydroxylation is 1. The molecule has 3 atom stereocenters. The number of alkyl carbamates (subject to hydrolysis) is 1. The van der Waals surface area contributed by atoms with Gasteiger partial charge in [-0.3, -0.25) is 4.79 Å². The molecule has 3 aliphatic rings. The van der Waals surface area contributed by atoms with Gasteiger partial charge in [-0.25, -0.2) is 17.9 Å². The number of fused-ring (bicyclic) bond motifs is 3. The number of halogens is 1. The first-order valence-corrected chi connectivity index (χ1v) is 17.9. The predicted octanol–water partition coefficient (Wildman–Crippen LogP) is 6.52. The summed E-state index contributed by atoms with van der Waals surface area (Å²) in [5.74, 6) is 0.688. The van der Waals surface area contributed by atoms with E-state index in [2.05, 4.69) is 33.7 Å². The standard InChI is InChI=1S/C35H46ClN3O6S/c1-7-9-23-11-12-25(23)20-39-21-35(17-8-10-24-18-26(36)13-15-28(24)35)22-44-30-16-14-27(19-29(30)39)46(42,43)38-31(40)34(5,6)37-32(41)45-33(2,3)4/h7,13-16,18-19,23,25H,1,8-12,17,20-22H2,2-6H3,(H,37,41)(H,38,40)/t23-,25+,35+/m1/s1. The molecule has 5 rings (SSSR count). The number of sulfonamides is 1. The van der Waals surface area contributed by atoms with Crippen LogP contribution in [0.25, 0.3) is 0 Å². The first-order chi connectivity index (χ1) is 21.5. The van der Waals surface area contributed by atoms with Gasteiger partial charge in [-0.1, -0.05) is 23.7 Å². The SMILES string of the molecule is C=CC[C@@H]1CC[C@H]1CN1C[C@@]2(CCCc3cc(Cl)ccc32)COc2ccc(S(=O)(=O)NC(=O)C(C)(C)NC(=O)OC(C)(C)C)cc21. The van der Waals surface area contributed by atoms with E-state index < -0.39 is 33.2 Å². The summed E-state index contributed by atoms with van der Waals surface area (Å²) in [4.78, 5) is 27.8. The Bertz CT molecular complexity index is 1620. The zero-order valence-electron chi connectivity index (χ0n) is 27.5. The summed E-state index contributed by atoms with van der Waals surface area (Å²) < 4.78 is 41.2. The number of benzene rings is 2. The highest BCUT2D eigenvalue weighted by molar-refractivity contribution is 7.90. The third kappa shape index (κ3) is 7.33. The zero-order valence-corrected chi connectivity index (χ0v) is 29.0. The van der Waals surface area contributed by atoms with Gasteiger partial charge in [-0.2, -0.15) is 0 Å². The van der Waals surface area contributed by atoms with Gasteiger partial charge in [-0.05, 0) is 126 Å². The van der Waals surface area contributed by atoms with E-state index in [4.69, 9.17) is 21.1 Å². The summed E-state index contributed by atoms with van der Waals surface area (Å²) >= 11 is 6.39. The topological polar surface area (TPSA) is 114 Å². The molecule has 11 heteroatoms. The lowest BCUT2D eigenvalue weighted by Crippen LogP contribution is -2.56. The van der Waals surface area contributed by atoms with Crippen LogP contribution in [0.2, 0.25) is 5.02 Å². The minimum atomic E-state index is -4.31. The number of carbonyl (C=O) groups is 2. The van der Waals surface area contributed by atoms with E-state index in [1.54, 1.807) is 32.9 Å². The first-order valence-electron chi connectivity index (χ1n) is 16.0. The third-order valence-corrected chi connectivity index (χ3v) is 11.0. The fraction of sp³-hybridized carbons (Fsp3) is 0.543. The van der Waals surface area contributed by atoms with Gasteiger partial charge in [0.15, 0.2) is 0 Å². The Morgan fingerprint density at radius 3 is 2.54 bits per heavy atom. The molecular weight excluding hydrogens is 626 g/mol. The fourth-order valence-electron chi connectivity index (χ4n) is 6.87. The number of hydrogen-bond donors (Lipinski definition) is 2. The molecule has 250 valence electrons. The monoisotopic (exact) mass is 671 g/mol. The predicted molar refractivity (Wildman–Crippen MR) is 180 cm³/mol. The highest BCUT2D eigenvalue weighted by Gasteiger charge is 2.43. The summed E-state index contributed by atoms with van der Waals surface area (Å²) in [5.41, 5.74) is 0.509. The highest BCUT2D eigenvalue weighted by atomic mass is 35.5. The second-order valence-electron chi connectivity index (χ2n) is 14.5. The lowest BCUT2D eigenvalue weighted by Gasteiger charge is -2.44. The van der Waals surface area contributed by atoms with Crippen LogP contribution < -0.4 is 19.7 Å². The number of amides is 2. The molecule has 1 heterocycles. The molecule has 1 saturated carbocycles. The van der Waals surface area contributed by atoms with Crippen LogP contribution in [-0.2, 0) is 31.4 Å². The van der Waals surface area contributed by atoms with Gasteiger partial charge in [0, 0.05) is 23.5 Å². The van der Waals surface area contributed by atoms with Crippen LogP contribution in [0.15, 0.2) is 53.9 Å². The van der Waals surface area contributed by atoms with Gasteiger partial charge in [0.2, 0.25) is 0 Å². The Morgan fingerprint density at radius 1 is 1.13 bits per heavy atom. The average Bonchev–Trinajstić information content (AvgIpc) is 3.09. The van der Waals surface area contributed by atoms with Crippen molar-refractivity contribution in [2.75, 3.05) is 24.6 Å². The molecule has 1 aliphatic heterocycles. The molecule has 0 aromatic heterocycles. The van der Waals surface area contributed by atoms with Gasteiger partial charge in [0.05, 0.1) is 17.2 Å².